The topological polar surface area (TPSA) is 92.0 Å². The van der Waals surface area contributed by atoms with Gasteiger partial charge in [0.25, 0.3) is 0 Å². The van der Waals surface area contributed by atoms with Crippen molar-refractivity contribution in [2.45, 2.75) is 44.4 Å². The molecule has 0 aliphatic carbocycles. The lowest BCUT2D eigenvalue weighted by Gasteiger charge is -2.29. The lowest BCUT2D eigenvalue weighted by atomic mass is 9.76. The van der Waals surface area contributed by atoms with Crippen LogP contribution in [0.3, 0.4) is 0 Å². The van der Waals surface area contributed by atoms with E-state index in [1.165, 1.54) is 19.3 Å². The normalized spacial score (nSPS) is 32.8. The average Bonchev–Trinajstić information content (AvgIpc) is 3.48. The van der Waals surface area contributed by atoms with E-state index in [2.05, 4.69) is 15.0 Å². The molecule has 5 heterocycles. The number of rotatable bonds is 6. The van der Waals surface area contributed by atoms with E-state index in [0.29, 0.717) is 24.8 Å². The molecule has 3 saturated heterocycles. The Hall–Kier alpha value is -2.26. The summed E-state index contributed by atoms with van der Waals surface area (Å²) >= 11 is 0. The van der Waals surface area contributed by atoms with Crippen molar-refractivity contribution in [2.75, 3.05) is 39.8 Å². The van der Waals surface area contributed by atoms with Crippen molar-refractivity contribution in [3.05, 3.63) is 23.9 Å². The number of hydrogen-bond donors (Lipinski definition) is 0. The van der Waals surface area contributed by atoms with E-state index in [1.54, 1.807) is 18.9 Å². The summed E-state index contributed by atoms with van der Waals surface area (Å²) in [5, 5.41) is 3.77. The van der Waals surface area contributed by atoms with Gasteiger partial charge in [-0.15, -0.1) is 0 Å². The Balaban J connectivity index is 1.27. The van der Waals surface area contributed by atoms with Crippen LogP contribution in [-0.2, 0) is 20.9 Å². The van der Waals surface area contributed by atoms with Crippen molar-refractivity contribution in [2.24, 2.45) is 11.8 Å². The second kappa shape index (κ2) is 7.46. The second-order valence-electron chi connectivity index (χ2n) is 8.99. The lowest BCUT2D eigenvalue weighted by molar-refractivity contribution is -0.143. The highest BCUT2D eigenvalue weighted by atomic mass is 16.5. The van der Waals surface area contributed by atoms with Crippen LogP contribution in [0.15, 0.2) is 16.7 Å². The highest BCUT2D eigenvalue weighted by Gasteiger charge is 2.67. The monoisotopic (exact) mass is 415 g/mol. The van der Waals surface area contributed by atoms with Crippen LogP contribution in [0.1, 0.15) is 31.0 Å². The summed E-state index contributed by atoms with van der Waals surface area (Å²) in [4.78, 5) is 36.7. The number of piperidine rings is 1. The van der Waals surface area contributed by atoms with Crippen molar-refractivity contribution in [1.29, 1.82) is 0 Å². The molecule has 0 aromatic carbocycles. The SMILES string of the molecule is Cc1noc(CN(C)C(=O)C2C3C(=O)N(CCN4CCCCC4)C[C@]34C=C[C@H]2O4)n1. The molecule has 1 aromatic rings. The van der Waals surface area contributed by atoms with Gasteiger partial charge in [-0.2, -0.15) is 4.98 Å². The van der Waals surface area contributed by atoms with Gasteiger partial charge in [-0.25, -0.2) is 0 Å². The number of amides is 2. The Kier molecular flexibility index (Phi) is 4.89. The minimum Gasteiger partial charge on any atom is -0.360 e. The van der Waals surface area contributed by atoms with Crippen molar-refractivity contribution in [3.8, 4) is 0 Å². The van der Waals surface area contributed by atoms with Crippen LogP contribution in [0, 0.1) is 18.8 Å². The third kappa shape index (κ3) is 3.24. The van der Waals surface area contributed by atoms with Gasteiger partial charge < -0.3 is 24.0 Å². The zero-order valence-corrected chi connectivity index (χ0v) is 17.6. The molecule has 30 heavy (non-hydrogen) atoms. The van der Waals surface area contributed by atoms with Gasteiger partial charge in [0.15, 0.2) is 5.82 Å². The number of nitrogens with zero attached hydrogens (tertiary/aromatic N) is 5. The Morgan fingerprint density at radius 1 is 1.30 bits per heavy atom. The maximum Gasteiger partial charge on any atom is 0.246 e. The third-order valence-electron chi connectivity index (χ3n) is 6.92. The standard InChI is InChI=1S/C21H29N5O4/c1-14-22-16(30-23-14)12-24(2)19(27)17-15-6-7-21(29-15)13-26(20(28)18(17)21)11-10-25-8-4-3-5-9-25/h6-7,15,17-18H,3-5,8-13H2,1-2H3/t15-,17?,18?,21-/m1/s1. The molecule has 162 valence electrons. The van der Waals surface area contributed by atoms with Gasteiger partial charge >= 0.3 is 0 Å². The molecule has 4 aliphatic rings. The smallest absolute Gasteiger partial charge is 0.246 e. The van der Waals surface area contributed by atoms with E-state index in [1.807, 2.05) is 17.1 Å². The minimum atomic E-state index is -0.661. The molecule has 4 atom stereocenters. The molecule has 9 heteroatoms. The van der Waals surface area contributed by atoms with Crippen molar-refractivity contribution >= 4 is 11.8 Å². The third-order valence-corrected chi connectivity index (χ3v) is 6.92. The van der Waals surface area contributed by atoms with Crippen molar-refractivity contribution in [1.82, 2.24) is 24.8 Å². The van der Waals surface area contributed by atoms with E-state index in [-0.39, 0.29) is 24.5 Å². The number of likely N-dealkylation sites (tertiary alicyclic amines) is 2. The summed E-state index contributed by atoms with van der Waals surface area (Å²) in [6, 6.07) is 0. The fraction of sp³-hybridized carbons (Fsp3) is 0.714. The largest absolute Gasteiger partial charge is 0.360 e. The molecule has 2 amide bonds. The molecule has 1 aromatic heterocycles. The first-order valence-electron chi connectivity index (χ1n) is 10.9. The molecule has 0 saturated carbocycles. The van der Waals surface area contributed by atoms with Gasteiger partial charge in [-0.05, 0) is 32.9 Å². The summed E-state index contributed by atoms with van der Waals surface area (Å²) < 4.78 is 11.4. The van der Waals surface area contributed by atoms with Crippen LogP contribution < -0.4 is 0 Å². The molecule has 4 aliphatic heterocycles. The van der Waals surface area contributed by atoms with E-state index < -0.39 is 17.4 Å². The molecule has 1 spiro atoms. The predicted octanol–water partition coefficient (Wildman–Crippen LogP) is 0.604. The fourth-order valence-electron chi connectivity index (χ4n) is 5.43. The van der Waals surface area contributed by atoms with Gasteiger partial charge in [-0.1, -0.05) is 23.7 Å². The highest BCUT2D eigenvalue weighted by Crippen LogP contribution is 2.52. The zero-order valence-electron chi connectivity index (χ0n) is 17.6. The van der Waals surface area contributed by atoms with E-state index in [4.69, 9.17) is 9.26 Å². The summed E-state index contributed by atoms with van der Waals surface area (Å²) in [6.45, 7) is 6.29. The molecule has 9 nitrogen and oxygen atoms in total. The second-order valence-corrected chi connectivity index (χ2v) is 8.99. The Bertz CT molecular complexity index is 863. The minimum absolute atomic E-state index is 0.0410. The average molecular weight is 415 g/mol. The van der Waals surface area contributed by atoms with Crippen LogP contribution in [0.2, 0.25) is 0 Å². The van der Waals surface area contributed by atoms with Crippen LogP contribution in [0.5, 0.6) is 0 Å². The van der Waals surface area contributed by atoms with Gasteiger partial charge in [0.2, 0.25) is 17.7 Å². The molecule has 2 unspecified atom stereocenters. The van der Waals surface area contributed by atoms with Gasteiger partial charge in [0.1, 0.15) is 5.60 Å². The first-order valence-corrected chi connectivity index (χ1v) is 10.9. The number of ether oxygens (including phenoxy) is 1. The van der Waals surface area contributed by atoms with Crippen LogP contribution in [0.4, 0.5) is 0 Å². The first kappa shape index (κ1) is 19.7. The Morgan fingerprint density at radius 3 is 2.83 bits per heavy atom. The molecule has 0 radical (unpaired) electrons. The van der Waals surface area contributed by atoms with E-state index >= 15 is 0 Å². The Labute approximate surface area is 176 Å². The summed E-state index contributed by atoms with van der Waals surface area (Å²) in [5.41, 5.74) is -0.661. The number of aromatic nitrogens is 2. The van der Waals surface area contributed by atoms with Crippen LogP contribution in [0.25, 0.3) is 0 Å². The predicted molar refractivity (Wildman–Crippen MR) is 106 cm³/mol. The number of carbonyl (C=O) groups is 2. The molecular weight excluding hydrogens is 386 g/mol. The van der Waals surface area contributed by atoms with Gasteiger partial charge in [0, 0.05) is 20.1 Å². The van der Waals surface area contributed by atoms with Gasteiger partial charge in [0.05, 0.1) is 31.0 Å². The molecule has 3 fully saturated rings. The first-order chi connectivity index (χ1) is 14.5. The maximum absolute atomic E-state index is 13.3. The Morgan fingerprint density at radius 2 is 2.10 bits per heavy atom. The van der Waals surface area contributed by atoms with Crippen LogP contribution >= 0.6 is 0 Å². The number of fused-ring (bicyclic) bond motifs is 1. The summed E-state index contributed by atoms with van der Waals surface area (Å²) in [7, 11) is 1.71. The molecule has 5 rings (SSSR count). The lowest BCUT2D eigenvalue weighted by Crippen LogP contribution is -2.45. The number of hydrogen-bond acceptors (Lipinski definition) is 7. The summed E-state index contributed by atoms with van der Waals surface area (Å²) in [6.07, 6.45) is 7.37. The quantitative estimate of drug-likeness (QED) is 0.629. The molecule has 0 N–H and O–H groups in total. The number of aryl methyl sites for hydroxylation is 1. The molecular formula is C21H29N5O4. The maximum atomic E-state index is 13.3. The van der Waals surface area contributed by atoms with E-state index in [9.17, 15) is 9.59 Å². The number of carbonyl (C=O) groups excluding carboxylic acids is 2. The van der Waals surface area contributed by atoms with Gasteiger partial charge in [-0.3, -0.25) is 9.59 Å². The molecule has 2 bridgehead atoms. The zero-order chi connectivity index (χ0) is 20.9. The van der Waals surface area contributed by atoms with Crippen LogP contribution in [-0.4, -0.2) is 88.1 Å². The fourth-order valence-corrected chi connectivity index (χ4v) is 5.43. The summed E-state index contributed by atoms with van der Waals surface area (Å²) in [5.74, 6) is -0.104. The van der Waals surface area contributed by atoms with Crippen molar-refractivity contribution in [3.63, 3.8) is 0 Å². The van der Waals surface area contributed by atoms with Crippen molar-refractivity contribution < 1.29 is 18.8 Å². The highest BCUT2D eigenvalue weighted by molar-refractivity contribution is 5.93. The van der Waals surface area contributed by atoms with E-state index in [0.717, 1.165) is 19.6 Å².